The molecule has 19 heavy (non-hydrogen) atoms. The molecule has 1 aromatic carbocycles. The molecule has 0 saturated carbocycles. The van der Waals surface area contributed by atoms with Gasteiger partial charge in [0.1, 0.15) is 11.3 Å². The fourth-order valence-electron chi connectivity index (χ4n) is 1.95. The lowest BCUT2D eigenvalue weighted by molar-refractivity contribution is -0.384. The van der Waals surface area contributed by atoms with E-state index in [9.17, 15) is 14.9 Å². The highest BCUT2D eigenvalue weighted by Crippen LogP contribution is 2.27. The van der Waals surface area contributed by atoms with E-state index in [1.54, 1.807) is 0 Å². The van der Waals surface area contributed by atoms with Gasteiger partial charge in [-0.05, 0) is 18.6 Å². The molecule has 1 aliphatic heterocycles. The van der Waals surface area contributed by atoms with Crippen molar-refractivity contribution in [1.29, 1.82) is 0 Å². The molecule has 8 nitrogen and oxygen atoms in total. The van der Waals surface area contributed by atoms with Crippen LogP contribution in [0.25, 0.3) is 0 Å². The average Bonchev–Trinajstić information content (AvgIpc) is 2.90. The largest absolute Gasteiger partial charge is 0.379 e. The maximum absolute atomic E-state index is 12.1. The van der Waals surface area contributed by atoms with E-state index in [0.29, 0.717) is 19.6 Å². The van der Waals surface area contributed by atoms with Crippen molar-refractivity contribution >= 4 is 17.3 Å². The van der Waals surface area contributed by atoms with Crippen molar-refractivity contribution < 1.29 is 14.5 Å². The van der Waals surface area contributed by atoms with Crippen LogP contribution in [0, 0.1) is 10.1 Å². The summed E-state index contributed by atoms with van der Waals surface area (Å²) in [5.41, 5.74) is 1.96. The summed E-state index contributed by atoms with van der Waals surface area (Å²) in [4.78, 5) is 22.5. The molecule has 1 heterocycles. The van der Waals surface area contributed by atoms with Crippen LogP contribution < -0.4 is 16.6 Å². The first-order valence-electron chi connectivity index (χ1n) is 5.76. The molecule has 1 amide bonds. The number of hydrazine groups is 1. The molecule has 102 valence electrons. The zero-order valence-electron chi connectivity index (χ0n) is 10.1. The van der Waals surface area contributed by atoms with Crippen LogP contribution in [0.4, 0.5) is 11.4 Å². The van der Waals surface area contributed by atoms with Gasteiger partial charge < -0.3 is 15.5 Å². The number of nitrogens with two attached hydrogens (primary N) is 1. The number of nitro groups is 1. The molecule has 4 N–H and O–H groups in total. The second-order valence-electron chi connectivity index (χ2n) is 4.14. The lowest BCUT2D eigenvalue weighted by Gasteiger charge is -2.11. The molecular weight excluding hydrogens is 252 g/mol. The molecule has 1 saturated heterocycles. The van der Waals surface area contributed by atoms with Gasteiger partial charge in [-0.25, -0.2) is 0 Å². The summed E-state index contributed by atoms with van der Waals surface area (Å²) < 4.78 is 5.14. The molecule has 1 fully saturated rings. The number of hydrogen-bond acceptors (Lipinski definition) is 6. The van der Waals surface area contributed by atoms with Gasteiger partial charge in [-0.2, -0.15) is 0 Å². The van der Waals surface area contributed by atoms with Gasteiger partial charge in [0.25, 0.3) is 5.91 Å². The summed E-state index contributed by atoms with van der Waals surface area (Å²) in [5, 5.41) is 13.8. The lowest BCUT2D eigenvalue weighted by atomic mass is 10.1. The summed E-state index contributed by atoms with van der Waals surface area (Å²) in [6.45, 7) is 1.01. The van der Waals surface area contributed by atoms with Crippen molar-refractivity contribution in [2.24, 2.45) is 5.84 Å². The first-order chi connectivity index (χ1) is 9.13. The number of nitrogen functional groups attached to an aromatic ring is 1. The number of nitrogens with one attached hydrogen (secondary N) is 2. The van der Waals surface area contributed by atoms with E-state index in [2.05, 4.69) is 10.7 Å². The number of hydrogen-bond donors (Lipinski definition) is 3. The molecule has 1 aromatic rings. The summed E-state index contributed by atoms with van der Waals surface area (Å²) in [5.74, 6) is 4.71. The van der Waals surface area contributed by atoms with Gasteiger partial charge in [0.15, 0.2) is 0 Å². The van der Waals surface area contributed by atoms with Crippen molar-refractivity contribution in [2.75, 3.05) is 18.6 Å². The molecule has 1 aliphatic rings. The van der Waals surface area contributed by atoms with Crippen LogP contribution in [0.2, 0.25) is 0 Å². The third-order valence-electron chi connectivity index (χ3n) is 2.88. The van der Waals surface area contributed by atoms with Crippen molar-refractivity contribution in [2.45, 2.75) is 12.5 Å². The summed E-state index contributed by atoms with van der Waals surface area (Å²) in [6, 6.07) is 4.25. The molecule has 2 rings (SSSR count). The van der Waals surface area contributed by atoms with E-state index < -0.39 is 10.8 Å². The molecule has 1 unspecified atom stereocenters. The maximum atomic E-state index is 12.1. The summed E-state index contributed by atoms with van der Waals surface area (Å²) in [6.07, 6.45) is 0.703. The SMILES string of the molecule is NNc1cccc(C(=O)NC2CCOC2)c1[N+](=O)[O-]. The fraction of sp³-hybridized carbons (Fsp3) is 0.364. The fourth-order valence-corrected chi connectivity index (χ4v) is 1.95. The first kappa shape index (κ1) is 13.2. The molecule has 0 radical (unpaired) electrons. The van der Waals surface area contributed by atoms with E-state index >= 15 is 0 Å². The number of rotatable bonds is 4. The Balaban J connectivity index is 2.27. The Labute approximate surface area is 109 Å². The standard InChI is InChI=1S/C11H14N4O4/c12-14-9-3-1-2-8(10(9)15(17)18)11(16)13-7-4-5-19-6-7/h1-3,7,14H,4-6,12H2,(H,13,16). The van der Waals surface area contributed by atoms with Gasteiger partial charge >= 0.3 is 5.69 Å². The number of nitro benzene ring substituents is 1. The second kappa shape index (κ2) is 5.63. The van der Waals surface area contributed by atoms with Crippen LogP contribution in [0.5, 0.6) is 0 Å². The van der Waals surface area contributed by atoms with Crippen LogP contribution in [0.15, 0.2) is 18.2 Å². The molecule has 0 aromatic heterocycles. The van der Waals surface area contributed by atoms with Crippen LogP contribution in [0.3, 0.4) is 0 Å². The monoisotopic (exact) mass is 266 g/mol. The number of carbonyl (C=O) groups is 1. The Kier molecular flexibility index (Phi) is 3.93. The number of amides is 1. The van der Waals surface area contributed by atoms with E-state index in [-0.39, 0.29) is 23.0 Å². The van der Waals surface area contributed by atoms with E-state index in [4.69, 9.17) is 10.6 Å². The number of ether oxygens (including phenoxy) is 1. The van der Waals surface area contributed by atoms with Crippen molar-refractivity contribution in [3.8, 4) is 0 Å². The minimum atomic E-state index is -0.630. The lowest BCUT2D eigenvalue weighted by Crippen LogP contribution is -2.35. The van der Waals surface area contributed by atoms with Gasteiger partial charge in [-0.3, -0.25) is 20.8 Å². The minimum Gasteiger partial charge on any atom is -0.379 e. The predicted octanol–water partition coefficient (Wildman–Crippen LogP) is 0.399. The van der Waals surface area contributed by atoms with Crippen molar-refractivity contribution in [1.82, 2.24) is 5.32 Å². The Hall–Kier alpha value is -2.19. The van der Waals surface area contributed by atoms with Gasteiger partial charge in [-0.1, -0.05) is 6.07 Å². The molecule has 0 bridgehead atoms. The van der Waals surface area contributed by atoms with Crippen molar-refractivity contribution in [3.05, 3.63) is 33.9 Å². The Bertz CT molecular complexity index is 499. The van der Waals surface area contributed by atoms with Crippen LogP contribution in [0.1, 0.15) is 16.8 Å². The Morgan fingerprint density at radius 2 is 2.32 bits per heavy atom. The molecular formula is C11H14N4O4. The predicted molar refractivity (Wildman–Crippen MR) is 67.6 cm³/mol. The van der Waals surface area contributed by atoms with E-state index in [1.165, 1.54) is 18.2 Å². The average molecular weight is 266 g/mol. The quantitative estimate of drug-likeness (QED) is 0.412. The third-order valence-corrected chi connectivity index (χ3v) is 2.88. The number of para-hydroxylation sites is 1. The normalized spacial score (nSPS) is 18.1. The molecule has 0 aliphatic carbocycles. The smallest absolute Gasteiger partial charge is 0.306 e. The molecule has 0 spiro atoms. The van der Waals surface area contributed by atoms with Gasteiger partial charge in [-0.15, -0.1) is 0 Å². The van der Waals surface area contributed by atoms with Gasteiger partial charge in [0.05, 0.1) is 17.6 Å². The Morgan fingerprint density at radius 1 is 1.53 bits per heavy atom. The van der Waals surface area contributed by atoms with Crippen LogP contribution >= 0.6 is 0 Å². The Morgan fingerprint density at radius 3 is 2.89 bits per heavy atom. The van der Waals surface area contributed by atoms with Crippen LogP contribution in [-0.2, 0) is 4.74 Å². The summed E-state index contributed by atoms with van der Waals surface area (Å²) >= 11 is 0. The zero-order valence-corrected chi connectivity index (χ0v) is 10.1. The number of nitrogens with zero attached hydrogens (tertiary/aromatic N) is 1. The minimum absolute atomic E-state index is 0.0210. The zero-order chi connectivity index (χ0) is 13.8. The molecule has 8 heteroatoms. The maximum Gasteiger partial charge on any atom is 0.306 e. The highest BCUT2D eigenvalue weighted by Gasteiger charge is 2.26. The van der Waals surface area contributed by atoms with Gasteiger partial charge in [0, 0.05) is 6.61 Å². The van der Waals surface area contributed by atoms with Crippen LogP contribution in [-0.4, -0.2) is 30.1 Å². The van der Waals surface area contributed by atoms with Gasteiger partial charge in [0.2, 0.25) is 0 Å². The number of benzene rings is 1. The van der Waals surface area contributed by atoms with E-state index in [0.717, 1.165) is 0 Å². The highest BCUT2D eigenvalue weighted by molar-refractivity contribution is 6.00. The van der Waals surface area contributed by atoms with E-state index in [1.807, 2.05) is 0 Å². The highest BCUT2D eigenvalue weighted by atomic mass is 16.6. The number of carbonyl (C=O) groups excluding carboxylic acids is 1. The third kappa shape index (κ3) is 2.80. The number of anilines is 1. The van der Waals surface area contributed by atoms with Crippen molar-refractivity contribution in [3.63, 3.8) is 0 Å². The first-order valence-corrected chi connectivity index (χ1v) is 5.76. The topological polar surface area (TPSA) is 120 Å². The summed E-state index contributed by atoms with van der Waals surface area (Å²) in [7, 11) is 0. The second-order valence-corrected chi connectivity index (χ2v) is 4.14. The molecule has 1 atom stereocenters.